The summed E-state index contributed by atoms with van der Waals surface area (Å²) in [7, 11) is -2.30. The molecule has 0 unspecified atom stereocenters. The lowest BCUT2D eigenvalue weighted by Crippen LogP contribution is -2.28. The Kier molecular flexibility index (Phi) is 6.57. The van der Waals surface area contributed by atoms with E-state index in [1.807, 2.05) is 12.1 Å². The normalized spacial score (nSPS) is 14.9. The minimum atomic E-state index is -3.96. The highest BCUT2D eigenvalue weighted by atomic mass is 79.9. The van der Waals surface area contributed by atoms with E-state index in [4.69, 9.17) is 11.6 Å². The van der Waals surface area contributed by atoms with Crippen molar-refractivity contribution in [2.45, 2.75) is 6.54 Å². The van der Waals surface area contributed by atoms with Crippen molar-refractivity contribution in [2.75, 3.05) is 11.8 Å². The van der Waals surface area contributed by atoms with Crippen LogP contribution in [0.5, 0.6) is 0 Å². The van der Waals surface area contributed by atoms with Gasteiger partial charge in [-0.15, -0.1) is 0 Å². The molecular weight excluding hydrogens is 536 g/mol. The number of halogens is 2. The summed E-state index contributed by atoms with van der Waals surface area (Å²) in [6.07, 6.45) is 6.55. The summed E-state index contributed by atoms with van der Waals surface area (Å²) >= 11 is 10.6. The molecule has 0 saturated heterocycles. The molecule has 0 atom stereocenters. The number of nitrogens with one attached hydrogen (secondary N) is 2. The highest BCUT2D eigenvalue weighted by Gasteiger charge is 2.30. The Morgan fingerprint density at radius 3 is 2.75 bits per heavy atom. The van der Waals surface area contributed by atoms with E-state index in [0.717, 1.165) is 5.56 Å². The topological polar surface area (TPSA) is 81.8 Å². The number of allylic oxidation sites excluding steroid dienone is 2. The molecule has 0 aliphatic carbocycles. The predicted octanol–water partition coefficient (Wildman–Crippen LogP) is 4.84. The van der Waals surface area contributed by atoms with E-state index in [0.29, 0.717) is 21.7 Å². The molecule has 1 amide bonds. The van der Waals surface area contributed by atoms with Crippen molar-refractivity contribution in [1.82, 2.24) is 13.9 Å². The Labute approximate surface area is 204 Å². The molecule has 7 nitrogen and oxygen atoms in total. The van der Waals surface area contributed by atoms with Gasteiger partial charge in [0.05, 0.1) is 29.1 Å². The van der Waals surface area contributed by atoms with Crippen LogP contribution in [0.1, 0.15) is 15.9 Å². The molecule has 0 fully saturated rings. The van der Waals surface area contributed by atoms with Crippen molar-refractivity contribution < 1.29 is 13.2 Å². The number of amides is 1. The van der Waals surface area contributed by atoms with Gasteiger partial charge in [0.15, 0.2) is 0 Å². The molecule has 0 aromatic heterocycles. The lowest BCUT2D eigenvalue weighted by molar-refractivity contribution is 0.0786. The number of carbonyl (C=O) groups is 1. The molecule has 2 N–H and O–H groups in total. The zero-order chi connectivity index (χ0) is 22.9. The van der Waals surface area contributed by atoms with Gasteiger partial charge in [-0.25, -0.2) is 8.42 Å². The number of rotatable bonds is 6. The molecule has 2 aliphatic rings. The smallest absolute Gasteiger partial charge is 0.264 e. The van der Waals surface area contributed by atoms with E-state index in [-0.39, 0.29) is 22.1 Å². The summed E-state index contributed by atoms with van der Waals surface area (Å²) in [5, 5.41) is 0.615. The maximum atomic E-state index is 13.2. The van der Waals surface area contributed by atoms with E-state index in [2.05, 4.69) is 25.4 Å². The molecule has 166 valence electrons. The fourth-order valence-electron chi connectivity index (χ4n) is 3.19. The van der Waals surface area contributed by atoms with Crippen LogP contribution in [-0.4, -0.2) is 30.6 Å². The standard InChI is InChI=1S/C21H18BrClN4O3S2/c1-26(13-14-4-7-16(23)8-5-14)21(28)17-9-6-15(22)11-18(17)25-32(29,30)20-3-2-10-27-19(20)12-24-31-27/h2-12,24-25H,13H2,1H3. The zero-order valence-corrected chi connectivity index (χ0v) is 20.7. The molecule has 0 spiro atoms. The van der Waals surface area contributed by atoms with Gasteiger partial charge in [-0.2, -0.15) is 0 Å². The fourth-order valence-corrected chi connectivity index (χ4v) is 5.65. The summed E-state index contributed by atoms with van der Waals surface area (Å²) in [6.45, 7) is 0.346. The zero-order valence-electron chi connectivity index (χ0n) is 16.7. The van der Waals surface area contributed by atoms with Crippen LogP contribution in [0, 0.1) is 0 Å². The number of sulfonamides is 1. The van der Waals surface area contributed by atoms with E-state index >= 15 is 0 Å². The van der Waals surface area contributed by atoms with Crippen molar-refractivity contribution in [2.24, 2.45) is 0 Å². The lowest BCUT2D eigenvalue weighted by Gasteiger charge is -2.22. The number of carbonyl (C=O) groups excluding carboxylic acids is 1. The van der Waals surface area contributed by atoms with Crippen molar-refractivity contribution in [1.29, 1.82) is 0 Å². The Hall–Kier alpha value is -2.40. The van der Waals surface area contributed by atoms with Gasteiger partial charge in [-0.05, 0) is 48.0 Å². The summed E-state index contributed by atoms with van der Waals surface area (Å²) in [4.78, 5) is 14.8. The van der Waals surface area contributed by atoms with Gasteiger partial charge in [-0.1, -0.05) is 39.7 Å². The number of hydrogen-bond donors (Lipinski definition) is 2. The Morgan fingerprint density at radius 1 is 1.25 bits per heavy atom. The van der Waals surface area contributed by atoms with E-state index in [1.54, 1.807) is 60.2 Å². The number of hydrogen-bond acceptors (Lipinski definition) is 6. The largest absolute Gasteiger partial charge is 0.337 e. The van der Waals surface area contributed by atoms with E-state index in [9.17, 15) is 13.2 Å². The molecule has 32 heavy (non-hydrogen) atoms. The van der Waals surface area contributed by atoms with Gasteiger partial charge in [0.2, 0.25) is 0 Å². The minimum Gasteiger partial charge on any atom is -0.337 e. The second-order valence-electron chi connectivity index (χ2n) is 7.02. The molecule has 4 rings (SSSR count). The molecule has 0 saturated carbocycles. The quantitative estimate of drug-likeness (QED) is 0.499. The molecule has 0 radical (unpaired) electrons. The van der Waals surface area contributed by atoms with E-state index in [1.165, 1.54) is 23.1 Å². The van der Waals surface area contributed by atoms with Gasteiger partial charge in [-0.3, -0.25) is 13.8 Å². The predicted molar refractivity (Wildman–Crippen MR) is 132 cm³/mol. The molecule has 2 heterocycles. The number of benzene rings is 2. The Bertz CT molecular complexity index is 1260. The number of anilines is 1. The molecular formula is C21H18BrClN4O3S2. The SMILES string of the molecule is CN(Cc1ccc(Cl)cc1)C(=O)c1ccc(Br)cc1NS(=O)(=O)C1=CC=CN2SNC=C12. The first-order chi connectivity index (χ1) is 15.2. The van der Waals surface area contributed by atoms with Crippen LogP contribution in [0.15, 0.2) is 82.1 Å². The van der Waals surface area contributed by atoms with Gasteiger partial charge in [0.1, 0.15) is 4.91 Å². The average molecular weight is 554 g/mol. The second-order valence-corrected chi connectivity index (χ2v) is 10.8. The average Bonchev–Trinajstić information content (AvgIpc) is 3.23. The van der Waals surface area contributed by atoms with Crippen LogP contribution >= 0.6 is 39.7 Å². The van der Waals surface area contributed by atoms with Crippen molar-refractivity contribution >= 4 is 61.3 Å². The highest BCUT2D eigenvalue weighted by molar-refractivity contribution is 9.10. The third-order valence-corrected chi connectivity index (χ3v) is 7.63. The Morgan fingerprint density at radius 2 is 2.00 bits per heavy atom. The molecule has 2 aromatic carbocycles. The first-order valence-corrected chi connectivity index (χ1v) is 12.8. The summed E-state index contributed by atoms with van der Waals surface area (Å²) in [6, 6.07) is 12.1. The van der Waals surface area contributed by atoms with Crippen LogP contribution < -0.4 is 9.44 Å². The van der Waals surface area contributed by atoms with Crippen molar-refractivity contribution in [3.05, 3.63) is 98.2 Å². The van der Waals surface area contributed by atoms with Crippen molar-refractivity contribution in [3.63, 3.8) is 0 Å². The first-order valence-electron chi connectivity index (χ1n) is 9.37. The monoisotopic (exact) mass is 552 g/mol. The third-order valence-electron chi connectivity index (χ3n) is 4.73. The van der Waals surface area contributed by atoms with Crippen LogP contribution in [0.3, 0.4) is 0 Å². The molecule has 2 aliphatic heterocycles. The maximum absolute atomic E-state index is 13.2. The summed E-state index contributed by atoms with van der Waals surface area (Å²) < 4.78 is 34.3. The van der Waals surface area contributed by atoms with E-state index < -0.39 is 10.0 Å². The fraction of sp³-hybridized carbons (Fsp3) is 0.0952. The van der Waals surface area contributed by atoms with Crippen LogP contribution in [-0.2, 0) is 16.6 Å². The van der Waals surface area contributed by atoms with Gasteiger partial charge < -0.3 is 9.62 Å². The third kappa shape index (κ3) is 4.83. The van der Waals surface area contributed by atoms with Crippen LogP contribution in [0.2, 0.25) is 5.02 Å². The molecule has 2 aromatic rings. The summed E-state index contributed by atoms with van der Waals surface area (Å²) in [5.74, 6) is -0.318. The van der Waals surface area contributed by atoms with Gasteiger partial charge >= 0.3 is 0 Å². The number of nitrogens with zero attached hydrogens (tertiary/aromatic N) is 2. The summed E-state index contributed by atoms with van der Waals surface area (Å²) in [5.41, 5.74) is 1.84. The lowest BCUT2D eigenvalue weighted by atomic mass is 10.1. The van der Waals surface area contributed by atoms with Crippen LogP contribution in [0.25, 0.3) is 0 Å². The van der Waals surface area contributed by atoms with Crippen molar-refractivity contribution in [3.8, 4) is 0 Å². The molecule has 0 bridgehead atoms. The minimum absolute atomic E-state index is 0.102. The molecule has 11 heteroatoms. The second kappa shape index (κ2) is 9.22. The first kappa shape index (κ1) is 22.8. The van der Waals surface area contributed by atoms with Gasteiger partial charge in [0, 0.05) is 35.5 Å². The van der Waals surface area contributed by atoms with Gasteiger partial charge in [0.25, 0.3) is 15.9 Å². The maximum Gasteiger partial charge on any atom is 0.264 e. The highest BCUT2D eigenvalue weighted by Crippen LogP contribution is 2.34. The number of fused-ring (bicyclic) bond motifs is 1. The van der Waals surface area contributed by atoms with Crippen LogP contribution in [0.4, 0.5) is 5.69 Å². The Balaban J connectivity index is 1.60.